The molecule has 0 saturated heterocycles. The van der Waals surface area contributed by atoms with E-state index in [1.54, 1.807) is 0 Å². The lowest BCUT2D eigenvalue weighted by molar-refractivity contribution is -0.0191. The molecule has 0 N–H and O–H groups in total. The molecular formula is C21H22N4O2S. The normalized spacial score (nSPS) is 30.8. The van der Waals surface area contributed by atoms with E-state index in [0.29, 0.717) is 22.8 Å². The highest BCUT2D eigenvalue weighted by Gasteiger charge is 2.54. The number of benzene rings is 1. The molecule has 7 rings (SSSR count). The standard InChI is InChI=1S/C21H22N4O2S/c1-2-4-16(5-3-1)18-23-22-17(26-18)12-28-20-25-24-19(27-20)21-9-13-6-14(10-21)8-15(7-13)11-21/h1-5,13-15H,6-12H2. The summed E-state index contributed by atoms with van der Waals surface area (Å²) >= 11 is 1.47. The van der Waals surface area contributed by atoms with E-state index < -0.39 is 0 Å². The minimum atomic E-state index is 0.144. The van der Waals surface area contributed by atoms with E-state index in [1.165, 1.54) is 50.3 Å². The van der Waals surface area contributed by atoms with Crippen LogP contribution in [0, 0.1) is 17.8 Å². The van der Waals surface area contributed by atoms with Crippen molar-refractivity contribution in [3.8, 4) is 11.5 Å². The molecule has 4 aliphatic rings. The second-order valence-electron chi connectivity index (χ2n) is 8.73. The Morgan fingerprint density at radius 3 is 2.29 bits per heavy atom. The third-order valence-corrected chi connectivity index (χ3v) is 7.51. The molecular weight excluding hydrogens is 372 g/mol. The first-order valence-corrected chi connectivity index (χ1v) is 11.1. The van der Waals surface area contributed by atoms with Gasteiger partial charge in [-0.15, -0.1) is 20.4 Å². The molecule has 4 bridgehead atoms. The van der Waals surface area contributed by atoms with Crippen LogP contribution in [0.3, 0.4) is 0 Å². The highest BCUT2D eigenvalue weighted by molar-refractivity contribution is 7.98. The van der Waals surface area contributed by atoms with Crippen LogP contribution in [0.15, 0.2) is 44.4 Å². The molecule has 7 heteroatoms. The highest BCUT2D eigenvalue weighted by Crippen LogP contribution is 2.60. The van der Waals surface area contributed by atoms with Crippen LogP contribution < -0.4 is 0 Å². The van der Waals surface area contributed by atoms with Crippen molar-refractivity contribution < 1.29 is 8.83 Å². The maximum absolute atomic E-state index is 6.13. The first-order valence-electron chi connectivity index (χ1n) is 10.1. The van der Waals surface area contributed by atoms with Gasteiger partial charge in [0.1, 0.15) is 0 Å². The highest BCUT2D eigenvalue weighted by atomic mass is 32.2. The van der Waals surface area contributed by atoms with Crippen molar-refractivity contribution in [1.82, 2.24) is 20.4 Å². The van der Waals surface area contributed by atoms with Gasteiger partial charge in [-0.2, -0.15) is 0 Å². The van der Waals surface area contributed by atoms with Crippen LogP contribution in [-0.4, -0.2) is 20.4 Å². The SMILES string of the molecule is c1ccc(-c2nnc(CSc3nnc(C45CC6CC(CC(C6)C4)C5)o3)o2)cc1. The Morgan fingerprint density at radius 1 is 0.857 bits per heavy atom. The van der Waals surface area contributed by atoms with Gasteiger partial charge >= 0.3 is 0 Å². The molecule has 28 heavy (non-hydrogen) atoms. The monoisotopic (exact) mass is 394 g/mol. The van der Waals surface area contributed by atoms with Gasteiger partial charge in [-0.3, -0.25) is 0 Å². The predicted molar refractivity (Wildman–Crippen MR) is 103 cm³/mol. The lowest BCUT2D eigenvalue weighted by Crippen LogP contribution is -2.48. The first kappa shape index (κ1) is 16.8. The fourth-order valence-electron chi connectivity index (χ4n) is 5.99. The van der Waals surface area contributed by atoms with E-state index in [4.69, 9.17) is 8.83 Å². The molecule has 6 nitrogen and oxygen atoms in total. The third kappa shape index (κ3) is 2.87. The zero-order valence-electron chi connectivity index (χ0n) is 15.6. The topological polar surface area (TPSA) is 77.8 Å². The Labute approximate surface area is 167 Å². The van der Waals surface area contributed by atoms with E-state index in [9.17, 15) is 0 Å². The van der Waals surface area contributed by atoms with Crippen LogP contribution in [0.4, 0.5) is 0 Å². The van der Waals surface area contributed by atoms with Crippen molar-refractivity contribution in [2.24, 2.45) is 17.8 Å². The van der Waals surface area contributed by atoms with Crippen molar-refractivity contribution in [3.63, 3.8) is 0 Å². The van der Waals surface area contributed by atoms with Gasteiger partial charge in [0.2, 0.25) is 17.7 Å². The molecule has 2 aromatic heterocycles. The number of nitrogens with zero attached hydrogens (tertiary/aromatic N) is 4. The molecule has 2 heterocycles. The van der Waals surface area contributed by atoms with Crippen LogP contribution in [0.5, 0.6) is 0 Å². The third-order valence-electron chi connectivity index (χ3n) is 6.71. The second-order valence-corrected chi connectivity index (χ2v) is 9.65. The number of hydrogen-bond donors (Lipinski definition) is 0. The zero-order valence-corrected chi connectivity index (χ0v) is 16.4. The van der Waals surface area contributed by atoms with Crippen LogP contribution in [0.2, 0.25) is 0 Å². The summed E-state index contributed by atoms with van der Waals surface area (Å²) in [5.41, 5.74) is 1.07. The van der Waals surface area contributed by atoms with Crippen LogP contribution in [-0.2, 0) is 11.2 Å². The van der Waals surface area contributed by atoms with Gasteiger partial charge in [-0.25, -0.2) is 0 Å². The Kier molecular flexibility index (Phi) is 3.86. The minimum absolute atomic E-state index is 0.144. The Morgan fingerprint density at radius 2 is 1.57 bits per heavy atom. The molecule has 0 radical (unpaired) electrons. The molecule has 0 atom stereocenters. The lowest BCUT2D eigenvalue weighted by atomic mass is 9.49. The number of thioether (sulfide) groups is 1. The van der Waals surface area contributed by atoms with Crippen molar-refractivity contribution >= 4 is 11.8 Å². The summed E-state index contributed by atoms with van der Waals surface area (Å²) < 4.78 is 11.9. The van der Waals surface area contributed by atoms with Crippen LogP contribution in [0.1, 0.15) is 50.3 Å². The van der Waals surface area contributed by atoms with Gasteiger partial charge < -0.3 is 8.83 Å². The van der Waals surface area contributed by atoms with Crippen LogP contribution >= 0.6 is 11.8 Å². The van der Waals surface area contributed by atoms with Gasteiger partial charge in [0.05, 0.1) is 5.75 Å². The Bertz CT molecular complexity index is 948. The summed E-state index contributed by atoms with van der Waals surface area (Å²) in [6.45, 7) is 0. The average Bonchev–Trinajstić information content (AvgIpc) is 3.36. The quantitative estimate of drug-likeness (QED) is 0.571. The summed E-state index contributed by atoms with van der Waals surface area (Å²) in [6.07, 6.45) is 7.93. The fraction of sp³-hybridized carbons (Fsp3) is 0.524. The van der Waals surface area contributed by atoms with Gasteiger partial charge in [0.25, 0.3) is 5.22 Å². The summed E-state index contributed by atoms with van der Waals surface area (Å²) in [5, 5.41) is 17.7. The Balaban J connectivity index is 1.15. The summed E-state index contributed by atoms with van der Waals surface area (Å²) in [5.74, 6) is 5.10. The number of aromatic nitrogens is 4. The maximum Gasteiger partial charge on any atom is 0.277 e. The molecule has 0 amide bonds. The molecule has 0 spiro atoms. The average molecular weight is 395 g/mol. The van der Waals surface area contributed by atoms with Gasteiger partial charge in [-0.05, 0) is 68.4 Å². The molecule has 0 aliphatic heterocycles. The lowest BCUT2D eigenvalue weighted by Gasteiger charge is -2.55. The molecule has 144 valence electrons. The van der Waals surface area contributed by atoms with Crippen molar-refractivity contribution in [1.29, 1.82) is 0 Å². The number of hydrogen-bond acceptors (Lipinski definition) is 7. The van der Waals surface area contributed by atoms with E-state index in [-0.39, 0.29) is 5.41 Å². The maximum atomic E-state index is 6.13. The summed E-state index contributed by atoms with van der Waals surface area (Å²) in [7, 11) is 0. The van der Waals surface area contributed by atoms with Gasteiger partial charge in [0.15, 0.2) is 0 Å². The van der Waals surface area contributed by atoms with Gasteiger partial charge in [-0.1, -0.05) is 30.0 Å². The summed E-state index contributed by atoms with van der Waals surface area (Å²) in [6, 6.07) is 9.80. The van der Waals surface area contributed by atoms with Gasteiger partial charge in [0, 0.05) is 11.0 Å². The molecule has 3 aromatic rings. The van der Waals surface area contributed by atoms with E-state index in [2.05, 4.69) is 20.4 Å². The van der Waals surface area contributed by atoms with Crippen molar-refractivity contribution in [2.45, 2.75) is 54.9 Å². The smallest absolute Gasteiger partial charge is 0.277 e. The van der Waals surface area contributed by atoms with Crippen molar-refractivity contribution in [2.75, 3.05) is 0 Å². The first-order chi connectivity index (χ1) is 13.8. The number of rotatable bonds is 5. The second kappa shape index (κ2) is 6.44. The predicted octanol–water partition coefficient (Wildman–Crippen LogP) is 4.88. The zero-order chi connectivity index (χ0) is 18.6. The van der Waals surface area contributed by atoms with E-state index in [1.807, 2.05) is 30.3 Å². The molecule has 1 aromatic carbocycles. The van der Waals surface area contributed by atoms with E-state index >= 15 is 0 Å². The fourth-order valence-corrected chi connectivity index (χ4v) is 6.59. The largest absolute Gasteiger partial charge is 0.420 e. The molecule has 4 fully saturated rings. The minimum Gasteiger partial charge on any atom is -0.420 e. The Hall–Kier alpha value is -2.15. The van der Waals surface area contributed by atoms with Crippen LogP contribution in [0.25, 0.3) is 11.5 Å². The molecule has 0 unspecified atom stereocenters. The molecule has 4 aliphatic carbocycles. The summed E-state index contributed by atoms with van der Waals surface area (Å²) in [4.78, 5) is 0. The molecule has 4 saturated carbocycles. The van der Waals surface area contributed by atoms with Crippen molar-refractivity contribution in [3.05, 3.63) is 42.1 Å². The van der Waals surface area contributed by atoms with E-state index in [0.717, 1.165) is 29.2 Å².